The number of hydrogen-bond donors (Lipinski definition) is 2. The van der Waals surface area contributed by atoms with Crippen LogP contribution < -0.4 is 10.6 Å². The Morgan fingerprint density at radius 2 is 1.82 bits per heavy atom. The highest BCUT2D eigenvalue weighted by Crippen LogP contribution is 2.10. The molecule has 5 nitrogen and oxygen atoms in total. The molecule has 2 aromatic carbocycles. The Kier molecular flexibility index (Phi) is 7.99. The number of rotatable bonds is 7. The van der Waals surface area contributed by atoms with E-state index in [1.807, 2.05) is 44.2 Å². The van der Waals surface area contributed by atoms with Gasteiger partial charge < -0.3 is 15.5 Å². The summed E-state index contributed by atoms with van der Waals surface area (Å²) in [6, 6.07) is 12.4. The van der Waals surface area contributed by atoms with Gasteiger partial charge in [0.2, 0.25) is 0 Å². The maximum Gasteiger partial charge on any atom is 0.253 e. The van der Waals surface area contributed by atoms with Crippen LogP contribution in [-0.4, -0.2) is 44.0 Å². The summed E-state index contributed by atoms with van der Waals surface area (Å²) in [7, 11) is 3.48. The summed E-state index contributed by atoms with van der Waals surface area (Å²) in [6.07, 6.45) is 0.790. The van der Waals surface area contributed by atoms with Crippen molar-refractivity contribution in [1.82, 2.24) is 15.5 Å². The van der Waals surface area contributed by atoms with Gasteiger partial charge in [0.15, 0.2) is 5.96 Å². The molecule has 150 valence electrons. The van der Waals surface area contributed by atoms with Crippen LogP contribution in [0.5, 0.6) is 0 Å². The molecule has 0 radical (unpaired) electrons. The van der Waals surface area contributed by atoms with E-state index in [-0.39, 0.29) is 11.7 Å². The average molecular weight is 384 g/mol. The molecule has 6 heteroatoms. The standard InChI is InChI=1S/C22H29FN4O/c1-5-24-22(25-13-12-18-10-11-20(23)14-16(18)2)26-15-17-6-8-19(9-7-17)21(28)27(3)4/h6-11,14H,5,12-13,15H2,1-4H3,(H2,24,25,26). The molecule has 0 saturated carbocycles. The minimum absolute atomic E-state index is 0.0128. The monoisotopic (exact) mass is 384 g/mol. The molecule has 0 aliphatic carbocycles. The summed E-state index contributed by atoms with van der Waals surface area (Å²) in [5.41, 5.74) is 3.77. The predicted octanol–water partition coefficient (Wildman–Crippen LogP) is 3.13. The molecule has 0 aliphatic heterocycles. The van der Waals surface area contributed by atoms with E-state index in [2.05, 4.69) is 15.6 Å². The van der Waals surface area contributed by atoms with Crippen molar-refractivity contribution in [2.45, 2.75) is 26.8 Å². The van der Waals surface area contributed by atoms with E-state index in [1.54, 1.807) is 25.1 Å². The van der Waals surface area contributed by atoms with E-state index >= 15 is 0 Å². The lowest BCUT2D eigenvalue weighted by Gasteiger charge is -2.13. The highest BCUT2D eigenvalue weighted by molar-refractivity contribution is 5.93. The Hall–Kier alpha value is -2.89. The van der Waals surface area contributed by atoms with Gasteiger partial charge in [-0.05, 0) is 61.2 Å². The minimum atomic E-state index is -0.206. The first kappa shape index (κ1) is 21.4. The van der Waals surface area contributed by atoms with Gasteiger partial charge in [-0.3, -0.25) is 4.79 Å². The number of aliphatic imine (C=N–C) groups is 1. The second kappa shape index (κ2) is 10.4. The molecule has 28 heavy (non-hydrogen) atoms. The van der Waals surface area contributed by atoms with E-state index in [0.29, 0.717) is 18.7 Å². The second-order valence-corrected chi connectivity index (χ2v) is 6.84. The zero-order valence-electron chi connectivity index (χ0n) is 17.1. The molecule has 0 atom stereocenters. The fraction of sp³-hybridized carbons (Fsp3) is 0.364. The summed E-state index contributed by atoms with van der Waals surface area (Å²) in [4.78, 5) is 18.1. The fourth-order valence-corrected chi connectivity index (χ4v) is 2.78. The zero-order chi connectivity index (χ0) is 20.5. The molecular weight excluding hydrogens is 355 g/mol. The predicted molar refractivity (Wildman–Crippen MR) is 112 cm³/mol. The highest BCUT2D eigenvalue weighted by Gasteiger charge is 2.07. The molecule has 0 aromatic heterocycles. The molecule has 0 bridgehead atoms. The first-order valence-electron chi connectivity index (χ1n) is 9.48. The Morgan fingerprint density at radius 3 is 2.43 bits per heavy atom. The number of guanidine groups is 1. The maximum absolute atomic E-state index is 13.2. The third-order valence-corrected chi connectivity index (χ3v) is 4.36. The lowest BCUT2D eigenvalue weighted by Crippen LogP contribution is -2.38. The normalized spacial score (nSPS) is 11.2. The van der Waals surface area contributed by atoms with Gasteiger partial charge in [-0.1, -0.05) is 18.2 Å². The van der Waals surface area contributed by atoms with Crippen LogP contribution >= 0.6 is 0 Å². The lowest BCUT2D eigenvalue weighted by molar-refractivity contribution is 0.0827. The number of hydrogen-bond acceptors (Lipinski definition) is 2. The molecule has 0 fully saturated rings. The van der Waals surface area contributed by atoms with Crippen LogP contribution in [0.1, 0.15) is 34.0 Å². The van der Waals surface area contributed by atoms with Crippen molar-refractivity contribution in [3.05, 3.63) is 70.5 Å². The largest absolute Gasteiger partial charge is 0.357 e. The van der Waals surface area contributed by atoms with E-state index in [4.69, 9.17) is 0 Å². The van der Waals surface area contributed by atoms with Crippen LogP contribution in [0.25, 0.3) is 0 Å². The molecular formula is C22H29FN4O. The first-order chi connectivity index (χ1) is 13.4. The molecule has 1 amide bonds. The topological polar surface area (TPSA) is 56.7 Å². The summed E-state index contributed by atoms with van der Waals surface area (Å²) in [5, 5.41) is 6.54. The van der Waals surface area contributed by atoms with Gasteiger partial charge in [0.25, 0.3) is 5.91 Å². The zero-order valence-corrected chi connectivity index (χ0v) is 17.1. The summed E-state index contributed by atoms with van der Waals surface area (Å²) in [5.74, 6) is 0.513. The van der Waals surface area contributed by atoms with Crippen molar-refractivity contribution in [2.75, 3.05) is 27.2 Å². The second-order valence-electron chi connectivity index (χ2n) is 6.84. The molecule has 0 aliphatic rings. The molecule has 0 spiro atoms. The van der Waals surface area contributed by atoms with Gasteiger partial charge in [0.05, 0.1) is 6.54 Å². The Morgan fingerprint density at radius 1 is 1.11 bits per heavy atom. The fourth-order valence-electron chi connectivity index (χ4n) is 2.78. The van der Waals surface area contributed by atoms with E-state index in [1.165, 1.54) is 6.07 Å². The molecule has 0 heterocycles. The number of halogens is 1. The van der Waals surface area contributed by atoms with Gasteiger partial charge in [-0.25, -0.2) is 9.38 Å². The van der Waals surface area contributed by atoms with Crippen LogP contribution in [0, 0.1) is 12.7 Å². The van der Waals surface area contributed by atoms with Crippen molar-refractivity contribution in [3.63, 3.8) is 0 Å². The number of aryl methyl sites for hydroxylation is 1. The number of benzene rings is 2. The molecule has 2 rings (SSSR count). The molecule has 2 aromatic rings. The first-order valence-corrected chi connectivity index (χ1v) is 9.48. The highest BCUT2D eigenvalue weighted by atomic mass is 19.1. The van der Waals surface area contributed by atoms with Crippen LogP contribution in [0.15, 0.2) is 47.5 Å². The van der Waals surface area contributed by atoms with Crippen LogP contribution in [0.4, 0.5) is 4.39 Å². The van der Waals surface area contributed by atoms with Crippen molar-refractivity contribution in [1.29, 1.82) is 0 Å². The van der Waals surface area contributed by atoms with Crippen LogP contribution in [0.2, 0.25) is 0 Å². The third-order valence-electron chi connectivity index (χ3n) is 4.36. The van der Waals surface area contributed by atoms with E-state index in [0.717, 1.165) is 35.6 Å². The van der Waals surface area contributed by atoms with Gasteiger partial charge in [-0.2, -0.15) is 0 Å². The number of carbonyl (C=O) groups excluding carboxylic acids is 1. The minimum Gasteiger partial charge on any atom is -0.357 e. The lowest BCUT2D eigenvalue weighted by atomic mass is 10.1. The van der Waals surface area contributed by atoms with Crippen molar-refractivity contribution in [3.8, 4) is 0 Å². The number of amides is 1. The van der Waals surface area contributed by atoms with Crippen molar-refractivity contribution >= 4 is 11.9 Å². The van der Waals surface area contributed by atoms with Crippen molar-refractivity contribution < 1.29 is 9.18 Å². The quantitative estimate of drug-likeness (QED) is 0.570. The van der Waals surface area contributed by atoms with E-state index < -0.39 is 0 Å². The van der Waals surface area contributed by atoms with Gasteiger partial charge in [-0.15, -0.1) is 0 Å². The summed E-state index contributed by atoms with van der Waals surface area (Å²) in [6.45, 7) is 5.92. The number of nitrogens with one attached hydrogen (secondary N) is 2. The molecule has 2 N–H and O–H groups in total. The third kappa shape index (κ3) is 6.37. The van der Waals surface area contributed by atoms with Crippen LogP contribution in [0.3, 0.4) is 0 Å². The Bertz CT molecular complexity index is 816. The Balaban J connectivity index is 1.93. The SMILES string of the molecule is CCNC(=NCc1ccc(C(=O)N(C)C)cc1)NCCc1ccc(F)cc1C. The molecule has 0 saturated heterocycles. The van der Waals surface area contributed by atoms with Crippen molar-refractivity contribution in [2.24, 2.45) is 4.99 Å². The average Bonchev–Trinajstić information content (AvgIpc) is 2.67. The van der Waals surface area contributed by atoms with E-state index in [9.17, 15) is 9.18 Å². The van der Waals surface area contributed by atoms with Gasteiger partial charge in [0, 0.05) is 32.7 Å². The molecule has 0 unspecified atom stereocenters. The maximum atomic E-state index is 13.2. The smallest absolute Gasteiger partial charge is 0.253 e. The van der Waals surface area contributed by atoms with Gasteiger partial charge >= 0.3 is 0 Å². The number of nitrogens with zero attached hydrogens (tertiary/aromatic N) is 2. The Labute approximate surface area is 166 Å². The van der Waals surface area contributed by atoms with Gasteiger partial charge in [0.1, 0.15) is 5.82 Å². The summed E-state index contributed by atoms with van der Waals surface area (Å²) >= 11 is 0. The number of carbonyl (C=O) groups is 1. The summed E-state index contributed by atoms with van der Waals surface area (Å²) < 4.78 is 13.2. The van der Waals surface area contributed by atoms with Crippen LogP contribution in [-0.2, 0) is 13.0 Å².